The zero-order valence-corrected chi connectivity index (χ0v) is 18.5. The molecule has 1 aromatic carbocycles. The largest absolute Gasteiger partial charge is 0.493 e. The molecule has 3 aliphatic rings. The molecule has 0 spiro atoms. The topological polar surface area (TPSA) is 57.5 Å². The van der Waals surface area contributed by atoms with E-state index in [1.807, 2.05) is 6.92 Å². The van der Waals surface area contributed by atoms with Crippen LogP contribution in [0.3, 0.4) is 0 Å². The summed E-state index contributed by atoms with van der Waals surface area (Å²) in [7, 11) is 1.69. The van der Waals surface area contributed by atoms with Crippen LogP contribution in [0.4, 0.5) is 0 Å². The smallest absolute Gasteiger partial charge is 0.161 e. The van der Waals surface area contributed by atoms with Gasteiger partial charge in [-0.2, -0.15) is 5.26 Å². The summed E-state index contributed by atoms with van der Waals surface area (Å²) >= 11 is 0. The summed E-state index contributed by atoms with van der Waals surface area (Å²) in [5.74, 6) is 2.04. The Bertz CT molecular complexity index is 820. The zero-order chi connectivity index (χ0) is 20.9. The van der Waals surface area contributed by atoms with Gasteiger partial charge in [0.15, 0.2) is 11.5 Å². The van der Waals surface area contributed by atoms with Gasteiger partial charge in [-0.05, 0) is 82.8 Å². The average Bonchev–Trinajstić information content (AvgIpc) is 3.30. The first kappa shape index (κ1) is 21.1. The van der Waals surface area contributed by atoms with Gasteiger partial charge in [0, 0.05) is 17.5 Å². The van der Waals surface area contributed by atoms with Crippen molar-refractivity contribution in [2.45, 2.75) is 70.3 Å². The van der Waals surface area contributed by atoms with Crippen molar-refractivity contribution < 1.29 is 9.47 Å². The summed E-state index contributed by atoms with van der Waals surface area (Å²) < 4.78 is 11.5. The summed E-state index contributed by atoms with van der Waals surface area (Å²) in [6.07, 6.45) is 9.34. The van der Waals surface area contributed by atoms with Crippen LogP contribution in [-0.2, 0) is 0 Å². The van der Waals surface area contributed by atoms with Gasteiger partial charge >= 0.3 is 0 Å². The maximum atomic E-state index is 10.0. The molecule has 162 valence electrons. The molecule has 1 aromatic rings. The second-order valence-electron chi connectivity index (χ2n) is 8.78. The first-order valence-corrected chi connectivity index (χ1v) is 11.7. The average molecular weight is 410 g/mol. The van der Waals surface area contributed by atoms with E-state index in [4.69, 9.17) is 9.47 Å². The third-order valence-electron chi connectivity index (χ3n) is 6.94. The van der Waals surface area contributed by atoms with Gasteiger partial charge < -0.3 is 19.7 Å². The second kappa shape index (κ2) is 9.75. The summed E-state index contributed by atoms with van der Waals surface area (Å²) in [4.78, 5) is 2.52. The Balaban J connectivity index is 1.68. The molecule has 1 saturated carbocycles. The van der Waals surface area contributed by atoms with Crippen molar-refractivity contribution in [1.29, 1.82) is 5.26 Å². The van der Waals surface area contributed by atoms with E-state index in [0.717, 1.165) is 54.1 Å². The van der Waals surface area contributed by atoms with E-state index < -0.39 is 0 Å². The number of nitriles is 1. The molecule has 2 fully saturated rings. The number of hydrogen-bond acceptors (Lipinski definition) is 5. The Morgan fingerprint density at radius 2 is 1.97 bits per heavy atom. The van der Waals surface area contributed by atoms with Crippen LogP contribution in [0.1, 0.15) is 75.3 Å². The maximum Gasteiger partial charge on any atom is 0.161 e. The molecular formula is C25H35N3O2. The lowest BCUT2D eigenvalue weighted by Crippen LogP contribution is -2.41. The Morgan fingerprint density at radius 1 is 1.17 bits per heavy atom. The van der Waals surface area contributed by atoms with Gasteiger partial charge in [0.2, 0.25) is 0 Å². The summed E-state index contributed by atoms with van der Waals surface area (Å²) in [6, 6.07) is 7.22. The highest BCUT2D eigenvalue weighted by Gasteiger charge is 2.35. The van der Waals surface area contributed by atoms with Crippen LogP contribution in [0.5, 0.6) is 11.5 Å². The van der Waals surface area contributed by atoms with E-state index in [1.165, 1.54) is 50.8 Å². The van der Waals surface area contributed by atoms with Crippen molar-refractivity contribution in [3.63, 3.8) is 0 Å². The van der Waals surface area contributed by atoms with Gasteiger partial charge in [0.05, 0.1) is 31.1 Å². The van der Waals surface area contributed by atoms with Crippen LogP contribution >= 0.6 is 0 Å². The van der Waals surface area contributed by atoms with Gasteiger partial charge in [-0.3, -0.25) is 0 Å². The number of hydrogen-bond donors (Lipinski definition) is 1. The molecule has 0 bridgehead atoms. The van der Waals surface area contributed by atoms with E-state index in [9.17, 15) is 5.26 Å². The number of allylic oxidation sites excluding steroid dienone is 1. The van der Waals surface area contributed by atoms with Crippen LogP contribution < -0.4 is 14.8 Å². The van der Waals surface area contributed by atoms with Gasteiger partial charge in [-0.25, -0.2) is 0 Å². The fraction of sp³-hybridized carbons (Fsp3) is 0.640. The minimum absolute atomic E-state index is 0.408. The maximum absolute atomic E-state index is 10.0. The van der Waals surface area contributed by atoms with E-state index >= 15 is 0 Å². The van der Waals surface area contributed by atoms with Crippen LogP contribution in [0.2, 0.25) is 0 Å². The van der Waals surface area contributed by atoms with E-state index in [2.05, 4.69) is 28.4 Å². The molecule has 1 aliphatic carbocycles. The summed E-state index contributed by atoms with van der Waals surface area (Å²) in [5, 5.41) is 13.8. The quantitative estimate of drug-likeness (QED) is 0.654. The molecule has 2 aliphatic heterocycles. The molecule has 2 atom stereocenters. The van der Waals surface area contributed by atoms with Crippen molar-refractivity contribution in [3.05, 3.63) is 28.8 Å². The SMILES string of the molecule is CCOc1cc2c(cc1OC)C(=C(C#N)CCCN1CCCC1)N[C@@H]1CCCC[C@H]21. The predicted octanol–water partition coefficient (Wildman–Crippen LogP) is 4.83. The second-order valence-corrected chi connectivity index (χ2v) is 8.78. The Morgan fingerprint density at radius 3 is 2.70 bits per heavy atom. The highest BCUT2D eigenvalue weighted by atomic mass is 16.5. The first-order chi connectivity index (χ1) is 14.7. The number of benzene rings is 1. The number of fused-ring (bicyclic) bond motifs is 3. The van der Waals surface area contributed by atoms with E-state index in [-0.39, 0.29) is 0 Å². The van der Waals surface area contributed by atoms with Gasteiger partial charge in [0.25, 0.3) is 0 Å². The molecule has 30 heavy (non-hydrogen) atoms. The van der Waals surface area contributed by atoms with Gasteiger partial charge in [-0.15, -0.1) is 0 Å². The van der Waals surface area contributed by atoms with Crippen LogP contribution in [0.15, 0.2) is 17.7 Å². The molecule has 1 N–H and O–H groups in total. The predicted molar refractivity (Wildman–Crippen MR) is 120 cm³/mol. The van der Waals surface area contributed by atoms with Crippen LogP contribution in [0, 0.1) is 11.3 Å². The van der Waals surface area contributed by atoms with Crippen LogP contribution in [0.25, 0.3) is 5.70 Å². The number of nitrogens with one attached hydrogen (secondary N) is 1. The number of ether oxygens (including phenoxy) is 2. The minimum atomic E-state index is 0.408. The van der Waals surface area contributed by atoms with Crippen molar-refractivity contribution in [2.24, 2.45) is 0 Å². The highest BCUT2D eigenvalue weighted by Crippen LogP contribution is 2.46. The number of methoxy groups -OCH3 is 1. The van der Waals surface area contributed by atoms with Crippen molar-refractivity contribution in [2.75, 3.05) is 33.4 Å². The number of likely N-dealkylation sites (tertiary alicyclic amines) is 1. The third-order valence-corrected chi connectivity index (χ3v) is 6.94. The minimum Gasteiger partial charge on any atom is -0.493 e. The molecule has 5 nitrogen and oxygen atoms in total. The molecule has 0 unspecified atom stereocenters. The van der Waals surface area contributed by atoms with Crippen molar-refractivity contribution >= 4 is 5.70 Å². The molecule has 0 aromatic heterocycles. The molecule has 0 amide bonds. The first-order valence-electron chi connectivity index (χ1n) is 11.7. The molecule has 0 radical (unpaired) electrons. The molecule has 4 rings (SSSR count). The van der Waals surface area contributed by atoms with Crippen LogP contribution in [-0.4, -0.2) is 44.3 Å². The fourth-order valence-electron chi connectivity index (χ4n) is 5.44. The zero-order valence-electron chi connectivity index (χ0n) is 18.5. The number of rotatable bonds is 7. The molecule has 2 heterocycles. The Labute approximate surface area is 181 Å². The molecule has 5 heteroatoms. The van der Waals surface area contributed by atoms with E-state index in [0.29, 0.717) is 18.6 Å². The van der Waals surface area contributed by atoms with Crippen molar-refractivity contribution in [1.82, 2.24) is 10.2 Å². The third kappa shape index (κ3) is 4.30. The Hall–Kier alpha value is -2.19. The monoisotopic (exact) mass is 409 g/mol. The van der Waals surface area contributed by atoms with Gasteiger partial charge in [0.1, 0.15) is 0 Å². The lowest BCUT2D eigenvalue weighted by atomic mass is 9.74. The van der Waals surface area contributed by atoms with Crippen molar-refractivity contribution in [3.8, 4) is 17.6 Å². The standard InChI is InChI=1S/C25H35N3O2/c1-3-30-24-15-20-19-10-4-5-11-22(19)27-25(21(20)16-23(24)29-2)18(17-26)9-8-14-28-12-6-7-13-28/h15-16,19,22,27H,3-14H2,1-2H3/t19-,22-/m1/s1. The van der Waals surface area contributed by atoms with E-state index in [1.54, 1.807) is 7.11 Å². The molecule has 1 saturated heterocycles. The Kier molecular flexibility index (Phi) is 6.84. The number of nitrogens with zero attached hydrogens (tertiary/aromatic N) is 2. The summed E-state index contributed by atoms with van der Waals surface area (Å²) in [6.45, 7) is 6.12. The fourth-order valence-corrected chi connectivity index (χ4v) is 5.44. The lowest BCUT2D eigenvalue weighted by molar-refractivity contribution is 0.306. The summed E-state index contributed by atoms with van der Waals surface area (Å²) in [5.41, 5.74) is 4.37. The highest BCUT2D eigenvalue weighted by molar-refractivity contribution is 5.77. The lowest BCUT2D eigenvalue weighted by Gasteiger charge is -2.40. The molecular weight excluding hydrogens is 374 g/mol. The van der Waals surface area contributed by atoms with Gasteiger partial charge in [-0.1, -0.05) is 12.8 Å². The normalized spacial score (nSPS) is 25.0.